The smallest absolute Gasteiger partial charge is 0.325 e. The van der Waals surface area contributed by atoms with Crippen LogP contribution in [0.4, 0.5) is 9.18 Å². The molecule has 1 fully saturated rings. The Balaban J connectivity index is 1.70. The lowest BCUT2D eigenvalue weighted by molar-refractivity contribution is -0.138. The number of benzene rings is 2. The van der Waals surface area contributed by atoms with E-state index in [2.05, 4.69) is 5.32 Å². The monoisotopic (exact) mass is 403 g/mol. The number of hydrogen-bond donors (Lipinski definition) is 1. The second kappa shape index (κ2) is 7.59. The Kier molecular flexibility index (Phi) is 5.38. The van der Waals surface area contributed by atoms with Gasteiger partial charge in [-0.15, -0.1) is 0 Å². The lowest BCUT2D eigenvalue weighted by Gasteiger charge is -2.23. The molecule has 2 aromatic carbocycles. The Morgan fingerprint density at radius 3 is 2.36 bits per heavy atom. The van der Waals surface area contributed by atoms with Crippen molar-refractivity contribution in [2.24, 2.45) is 0 Å². The number of carbonyl (C=O) groups excluding carboxylic acids is 3. The summed E-state index contributed by atoms with van der Waals surface area (Å²) in [7, 11) is 1.56. The van der Waals surface area contributed by atoms with Crippen LogP contribution >= 0.6 is 11.6 Å². The summed E-state index contributed by atoms with van der Waals surface area (Å²) in [5, 5.41) is 3.16. The number of rotatable bonds is 5. The van der Waals surface area contributed by atoms with Crippen molar-refractivity contribution in [3.05, 3.63) is 70.5 Å². The Bertz CT molecular complexity index is 917. The van der Waals surface area contributed by atoms with E-state index in [1.165, 1.54) is 17.0 Å². The number of hydrogen-bond acceptors (Lipinski definition) is 3. The van der Waals surface area contributed by atoms with Gasteiger partial charge in [0.2, 0.25) is 5.91 Å². The average Bonchev–Trinajstić information content (AvgIpc) is 2.88. The molecule has 1 aliphatic heterocycles. The maximum Gasteiger partial charge on any atom is 0.325 e. The van der Waals surface area contributed by atoms with E-state index in [4.69, 9.17) is 11.6 Å². The molecular weight excluding hydrogens is 385 g/mol. The van der Waals surface area contributed by atoms with Crippen molar-refractivity contribution >= 4 is 29.4 Å². The molecule has 1 aliphatic rings. The van der Waals surface area contributed by atoms with Gasteiger partial charge in [0, 0.05) is 18.6 Å². The van der Waals surface area contributed by atoms with Crippen LogP contribution in [0.15, 0.2) is 48.5 Å². The van der Waals surface area contributed by atoms with Crippen LogP contribution in [-0.4, -0.2) is 41.2 Å². The molecule has 0 saturated carbocycles. The van der Waals surface area contributed by atoms with Crippen LogP contribution in [0.3, 0.4) is 0 Å². The minimum Gasteiger partial charge on any atom is -0.340 e. The molecule has 146 valence electrons. The first-order valence-corrected chi connectivity index (χ1v) is 8.97. The van der Waals surface area contributed by atoms with Crippen LogP contribution in [0.1, 0.15) is 18.1 Å². The summed E-state index contributed by atoms with van der Waals surface area (Å²) in [5.41, 5.74) is 0.0441. The molecular formula is C20H19ClFN3O3. The minimum atomic E-state index is -1.27. The van der Waals surface area contributed by atoms with E-state index in [0.717, 1.165) is 10.5 Å². The number of halogens is 2. The molecule has 28 heavy (non-hydrogen) atoms. The Morgan fingerprint density at radius 2 is 1.75 bits per heavy atom. The second-order valence-corrected chi connectivity index (χ2v) is 7.27. The Hall–Kier alpha value is -2.93. The summed E-state index contributed by atoms with van der Waals surface area (Å²) in [6.45, 7) is 1.44. The predicted molar refractivity (Wildman–Crippen MR) is 102 cm³/mol. The summed E-state index contributed by atoms with van der Waals surface area (Å²) >= 11 is 5.88. The first-order chi connectivity index (χ1) is 13.2. The fourth-order valence-electron chi connectivity index (χ4n) is 3.03. The van der Waals surface area contributed by atoms with Crippen LogP contribution in [0.25, 0.3) is 0 Å². The van der Waals surface area contributed by atoms with E-state index < -0.39 is 23.4 Å². The first kappa shape index (κ1) is 19.8. The summed E-state index contributed by atoms with van der Waals surface area (Å²) in [6.07, 6.45) is 0. The molecule has 1 heterocycles. The van der Waals surface area contributed by atoms with Crippen molar-refractivity contribution in [2.75, 3.05) is 13.6 Å². The normalized spacial score (nSPS) is 18.9. The lowest BCUT2D eigenvalue weighted by Crippen LogP contribution is -2.43. The number of imide groups is 1. The van der Waals surface area contributed by atoms with E-state index in [9.17, 15) is 18.8 Å². The van der Waals surface area contributed by atoms with Crippen LogP contribution in [0, 0.1) is 5.82 Å². The Morgan fingerprint density at radius 1 is 1.14 bits per heavy atom. The molecule has 1 N–H and O–H groups in total. The number of nitrogens with zero attached hydrogens (tertiary/aromatic N) is 2. The molecule has 0 bridgehead atoms. The Labute approximate surface area is 166 Å². The maximum atomic E-state index is 13.0. The van der Waals surface area contributed by atoms with Crippen molar-refractivity contribution in [1.29, 1.82) is 0 Å². The SMILES string of the molecule is CN(Cc1ccc(F)cc1)C(=O)CN1C(=O)NC(C)(c2ccc(Cl)cc2)C1=O. The van der Waals surface area contributed by atoms with Crippen molar-refractivity contribution < 1.29 is 18.8 Å². The van der Waals surface area contributed by atoms with Gasteiger partial charge < -0.3 is 10.2 Å². The molecule has 8 heteroatoms. The second-order valence-electron chi connectivity index (χ2n) is 6.83. The number of nitrogens with one attached hydrogen (secondary N) is 1. The number of carbonyl (C=O) groups is 3. The van der Waals surface area contributed by atoms with Crippen LogP contribution in [0.2, 0.25) is 5.02 Å². The van der Waals surface area contributed by atoms with Crippen molar-refractivity contribution in [1.82, 2.24) is 15.1 Å². The quantitative estimate of drug-likeness (QED) is 0.780. The molecule has 6 nitrogen and oxygen atoms in total. The molecule has 1 atom stereocenters. The standard InChI is InChI=1S/C20H19ClFN3O3/c1-20(14-5-7-15(21)8-6-14)18(27)25(19(28)23-20)12-17(26)24(2)11-13-3-9-16(22)10-4-13/h3-10H,11-12H2,1-2H3,(H,23,28). The number of amides is 4. The first-order valence-electron chi connectivity index (χ1n) is 8.59. The third-order valence-electron chi connectivity index (χ3n) is 4.75. The van der Waals surface area contributed by atoms with Crippen LogP contribution < -0.4 is 5.32 Å². The molecule has 1 saturated heterocycles. The molecule has 1 unspecified atom stereocenters. The molecule has 0 aromatic heterocycles. The number of likely N-dealkylation sites (N-methyl/N-ethyl adjacent to an activating group) is 1. The third kappa shape index (κ3) is 3.84. The van der Waals surface area contributed by atoms with E-state index >= 15 is 0 Å². The average molecular weight is 404 g/mol. The van der Waals surface area contributed by atoms with Gasteiger partial charge in [-0.2, -0.15) is 0 Å². The third-order valence-corrected chi connectivity index (χ3v) is 5.00. The van der Waals surface area contributed by atoms with Gasteiger partial charge in [-0.3, -0.25) is 14.5 Å². The molecule has 0 aliphatic carbocycles. The summed E-state index contributed by atoms with van der Waals surface area (Å²) in [6, 6.07) is 11.7. The predicted octanol–water partition coefficient (Wildman–Crippen LogP) is 2.90. The van der Waals surface area contributed by atoms with E-state index in [-0.39, 0.29) is 18.9 Å². The molecule has 0 spiro atoms. The van der Waals surface area contributed by atoms with E-state index in [1.54, 1.807) is 50.4 Å². The maximum absolute atomic E-state index is 13.0. The zero-order valence-electron chi connectivity index (χ0n) is 15.4. The van der Waals surface area contributed by atoms with Crippen molar-refractivity contribution in [2.45, 2.75) is 19.0 Å². The van der Waals surface area contributed by atoms with Gasteiger partial charge >= 0.3 is 6.03 Å². The summed E-state index contributed by atoms with van der Waals surface area (Å²) in [5.74, 6) is -1.28. The van der Waals surface area contributed by atoms with Gasteiger partial charge in [0.25, 0.3) is 5.91 Å². The van der Waals surface area contributed by atoms with E-state index in [0.29, 0.717) is 10.6 Å². The van der Waals surface area contributed by atoms with Gasteiger partial charge in [-0.05, 0) is 42.3 Å². The highest BCUT2D eigenvalue weighted by Crippen LogP contribution is 2.29. The van der Waals surface area contributed by atoms with Crippen molar-refractivity contribution in [3.63, 3.8) is 0 Å². The minimum absolute atomic E-state index is 0.233. The van der Waals surface area contributed by atoms with Crippen LogP contribution in [-0.2, 0) is 21.7 Å². The topological polar surface area (TPSA) is 69.7 Å². The molecule has 4 amide bonds. The van der Waals surface area contributed by atoms with Gasteiger partial charge in [-0.25, -0.2) is 9.18 Å². The highest BCUT2D eigenvalue weighted by molar-refractivity contribution is 6.30. The largest absolute Gasteiger partial charge is 0.340 e. The highest BCUT2D eigenvalue weighted by Gasteiger charge is 2.49. The highest BCUT2D eigenvalue weighted by atomic mass is 35.5. The van der Waals surface area contributed by atoms with Crippen molar-refractivity contribution in [3.8, 4) is 0 Å². The summed E-state index contributed by atoms with van der Waals surface area (Å²) < 4.78 is 13.0. The zero-order valence-corrected chi connectivity index (χ0v) is 16.2. The van der Waals surface area contributed by atoms with E-state index in [1.807, 2.05) is 0 Å². The molecule has 3 rings (SSSR count). The number of urea groups is 1. The molecule has 2 aromatic rings. The van der Waals surface area contributed by atoms with Gasteiger partial charge in [0.1, 0.15) is 17.9 Å². The summed E-state index contributed by atoms with van der Waals surface area (Å²) in [4.78, 5) is 40.0. The van der Waals surface area contributed by atoms with Crippen LogP contribution in [0.5, 0.6) is 0 Å². The fraction of sp³-hybridized carbons (Fsp3) is 0.250. The van der Waals surface area contributed by atoms with Gasteiger partial charge in [0.15, 0.2) is 0 Å². The molecule has 0 radical (unpaired) electrons. The fourth-order valence-corrected chi connectivity index (χ4v) is 3.15. The lowest BCUT2D eigenvalue weighted by atomic mass is 9.92. The van der Waals surface area contributed by atoms with Gasteiger partial charge in [0.05, 0.1) is 0 Å². The zero-order chi connectivity index (χ0) is 20.5. The van der Waals surface area contributed by atoms with Gasteiger partial charge in [-0.1, -0.05) is 35.9 Å².